The number of carbonyl (C=O) groups is 1. The molecule has 0 spiro atoms. The van der Waals surface area contributed by atoms with E-state index < -0.39 is 11.7 Å². The van der Waals surface area contributed by atoms with Gasteiger partial charge in [-0.1, -0.05) is 12.1 Å². The fraction of sp³-hybridized carbons (Fsp3) is 0.435. The second-order valence-electron chi connectivity index (χ2n) is 8.26. The molecule has 2 aliphatic rings. The lowest BCUT2D eigenvalue weighted by Gasteiger charge is -2.36. The van der Waals surface area contributed by atoms with Gasteiger partial charge in [0.2, 0.25) is 5.91 Å². The molecule has 4 rings (SSSR count). The Bertz CT molecular complexity index is 906. The van der Waals surface area contributed by atoms with Gasteiger partial charge in [0.15, 0.2) is 0 Å². The van der Waals surface area contributed by atoms with Gasteiger partial charge >= 0.3 is 6.18 Å². The van der Waals surface area contributed by atoms with Crippen LogP contribution in [-0.2, 0) is 11.0 Å². The third-order valence-corrected chi connectivity index (χ3v) is 5.72. The van der Waals surface area contributed by atoms with Gasteiger partial charge in [0.1, 0.15) is 0 Å². The van der Waals surface area contributed by atoms with Crippen molar-refractivity contribution in [3.8, 4) is 0 Å². The molecule has 0 bridgehead atoms. The first-order chi connectivity index (χ1) is 14.9. The zero-order valence-corrected chi connectivity index (χ0v) is 17.3. The van der Waals surface area contributed by atoms with Crippen LogP contribution in [0.1, 0.15) is 18.4 Å². The summed E-state index contributed by atoms with van der Waals surface area (Å²) in [6.45, 7) is 5.11. The molecule has 2 aromatic carbocycles. The van der Waals surface area contributed by atoms with Crippen LogP contribution in [0.5, 0.6) is 0 Å². The Hall–Kier alpha value is -2.74. The van der Waals surface area contributed by atoms with Crippen molar-refractivity contribution >= 4 is 23.0 Å². The van der Waals surface area contributed by atoms with Crippen molar-refractivity contribution in [1.82, 2.24) is 4.90 Å². The molecule has 1 aliphatic carbocycles. The number of rotatable bonds is 7. The van der Waals surface area contributed by atoms with Gasteiger partial charge in [-0.15, -0.1) is 0 Å². The lowest BCUT2D eigenvalue weighted by atomic mass is 10.2. The molecular formula is C23H27F3N4O. The molecule has 1 aliphatic heterocycles. The Morgan fingerprint density at radius 2 is 1.68 bits per heavy atom. The highest BCUT2D eigenvalue weighted by molar-refractivity contribution is 5.94. The van der Waals surface area contributed by atoms with Gasteiger partial charge in [-0.3, -0.25) is 9.69 Å². The molecule has 0 aromatic heterocycles. The summed E-state index contributed by atoms with van der Waals surface area (Å²) < 4.78 is 38.4. The maximum Gasteiger partial charge on any atom is 0.416 e. The second kappa shape index (κ2) is 9.18. The van der Waals surface area contributed by atoms with Crippen molar-refractivity contribution in [2.24, 2.45) is 5.92 Å². The summed E-state index contributed by atoms with van der Waals surface area (Å²) in [7, 11) is 0. The number of amides is 1. The minimum atomic E-state index is -4.41. The molecule has 0 radical (unpaired) electrons. The number of halogens is 3. The van der Waals surface area contributed by atoms with Gasteiger partial charge in [-0.05, 0) is 55.2 Å². The monoisotopic (exact) mass is 432 g/mol. The van der Waals surface area contributed by atoms with Crippen LogP contribution in [0.15, 0.2) is 48.5 Å². The van der Waals surface area contributed by atoms with Crippen LogP contribution in [0.3, 0.4) is 0 Å². The first kappa shape index (κ1) is 21.5. The van der Waals surface area contributed by atoms with E-state index in [0.717, 1.165) is 49.9 Å². The standard InChI is InChI=1S/C23H27F3N4O/c24-23(25,26)18-3-1-4-19(13-18)27-15-22(31)28-20-5-2-6-21(14-20)30-11-9-29(10-12-30)16-17-7-8-17/h1-6,13-14,17,27H,7-12,15-16H2,(H,28,31). The van der Waals surface area contributed by atoms with Crippen LogP contribution < -0.4 is 15.5 Å². The Labute approximate surface area is 180 Å². The number of hydrogen-bond donors (Lipinski definition) is 2. The van der Waals surface area contributed by atoms with Crippen molar-refractivity contribution in [1.29, 1.82) is 0 Å². The number of carbonyl (C=O) groups excluding carboxylic acids is 1. The Morgan fingerprint density at radius 1 is 0.968 bits per heavy atom. The summed E-state index contributed by atoms with van der Waals surface area (Å²) in [5, 5.41) is 5.57. The van der Waals surface area contributed by atoms with Crippen LogP contribution in [0.2, 0.25) is 0 Å². The molecule has 31 heavy (non-hydrogen) atoms. The third-order valence-electron chi connectivity index (χ3n) is 5.72. The minimum absolute atomic E-state index is 0.120. The Morgan fingerprint density at radius 3 is 2.39 bits per heavy atom. The maximum atomic E-state index is 12.8. The van der Waals surface area contributed by atoms with Gasteiger partial charge in [-0.2, -0.15) is 13.2 Å². The van der Waals surface area contributed by atoms with Crippen molar-refractivity contribution in [2.75, 3.05) is 54.8 Å². The molecule has 1 amide bonds. The number of piperazine rings is 1. The van der Waals surface area contributed by atoms with Crippen LogP contribution in [0.4, 0.5) is 30.2 Å². The Kier molecular flexibility index (Phi) is 6.36. The highest BCUT2D eigenvalue weighted by atomic mass is 19.4. The SMILES string of the molecule is O=C(CNc1cccc(C(F)(F)F)c1)Nc1cccc(N2CCN(CC3CC3)CC2)c1. The molecule has 166 valence electrons. The zero-order chi connectivity index (χ0) is 21.8. The first-order valence-corrected chi connectivity index (χ1v) is 10.7. The maximum absolute atomic E-state index is 12.8. The van der Waals surface area contributed by atoms with Crippen molar-refractivity contribution in [3.63, 3.8) is 0 Å². The summed E-state index contributed by atoms with van der Waals surface area (Å²) in [5.74, 6) is 0.582. The summed E-state index contributed by atoms with van der Waals surface area (Å²) in [5.41, 5.74) is 1.24. The van der Waals surface area contributed by atoms with E-state index in [1.54, 1.807) is 0 Å². The molecule has 0 atom stereocenters. The second-order valence-corrected chi connectivity index (χ2v) is 8.26. The predicted molar refractivity (Wildman–Crippen MR) is 116 cm³/mol. The number of alkyl halides is 3. The summed E-state index contributed by atoms with van der Waals surface area (Å²) in [6, 6.07) is 12.5. The zero-order valence-electron chi connectivity index (χ0n) is 17.3. The lowest BCUT2D eigenvalue weighted by molar-refractivity contribution is -0.137. The number of hydrogen-bond acceptors (Lipinski definition) is 4. The van der Waals surface area contributed by atoms with E-state index in [1.165, 1.54) is 31.5 Å². The molecule has 0 unspecified atom stereocenters. The van der Waals surface area contributed by atoms with Crippen LogP contribution >= 0.6 is 0 Å². The number of anilines is 3. The van der Waals surface area contributed by atoms with Gasteiger partial charge in [-0.25, -0.2) is 0 Å². The fourth-order valence-corrected chi connectivity index (χ4v) is 3.83. The van der Waals surface area contributed by atoms with Gasteiger partial charge in [0.05, 0.1) is 12.1 Å². The first-order valence-electron chi connectivity index (χ1n) is 10.7. The largest absolute Gasteiger partial charge is 0.416 e. The fourth-order valence-electron chi connectivity index (χ4n) is 3.83. The molecule has 1 saturated heterocycles. The van der Waals surface area contributed by atoms with E-state index in [-0.39, 0.29) is 18.1 Å². The quantitative estimate of drug-likeness (QED) is 0.686. The number of benzene rings is 2. The Balaban J connectivity index is 1.28. The molecular weight excluding hydrogens is 405 g/mol. The minimum Gasteiger partial charge on any atom is -0.376 e. The van der Waals surface area contributed by atoms with E-state index in [0.29, 0.717) is 5.69 Å². The van der Waals surface area contributed by atoms with E-state index in [1.807, 2.05) is 24.3 Å². The van der Waals surface area contributed by atoms with Crippen molar-refractivity contribution < 1.29 is 18.0 Å². The summed E-state index contributed by atoms with van der Waals surface area (Å²) in [4.78, 5) is 17.1. The number of nitrogens with zero attached hydrogens (tertiary/aromatic N) is 2. The highest BCUT2D eigenvalue weighted by Gasteiger charge is 2.30. The van der Waals surface area contributed by atoms with Crippen LogP contribution in [0, 0.1) is 5.92 Å². The van der Waals surface area contributed by atoms with Crippen LogP contribution in [0.25, 0.3) is 0 Å². The molecule has 2 aromatic rings. The van der Waals surface area contributed by atoms with E-state index in [4.69, 9.17) is 0 Å². The predicted octanol–water partition coefficient (Wildman–Crippen LogP) is 4.29. The third kappa shape index (κ3) is 6.13. The molecule has 5 nitrogen and oxygen atoms in total. The lowest BCUT2D eigenvalue weighted by Crippen LogP contribution is -2.47. The number of nitrogens with one attached hydrogen (secondary N) is 2. The van der Waals surface area contributed by atoms with E-state index in [2.05, 4.69) is 20.4 Å². The van der Waals surface area contributed by atoms with Gasteiger partial charge in [0, 0.05) is 49.8 Å². The van der Waals surface area contributed by atoms with Gasteiger partial charge in [0.25, 0.3) is 0 Å². The average Bonchev–Trinajstić information content (AvgIpc) is 3.57. The summed E-state index contributed by atoms with van der Waals surface area (Å²) in [6.07, 6.45) is -1.68. The van der Waals surface area contributed by atoms with Gasteiger partial charge < -0.3 is 15.5 Å². The molecule has 1 heterocycles. The average molecular weight is 432 g/mol. The van der Waals surface area contributed by atoms with Crippen molar-refractivity contribution in [2.45, 2.75) is 19.0 Å². The summed E-state index contributed by atoms with van der Waals surface area (Å²) >= 11 is 0. The molecule has 2 N–H and O–H groups in total. The topological polar surface area (TPSA) is 47.6 Å². The van der Waals surface area contributed by atoms with E-state index in [9.17, 15) is 18.0 Å². The molecule has 8 heteroatoms. The highest BCUT2D eigenvalue weighted by Crippen LogP contribution is 2.31. The smallest absolute Gasteiger partial charge is 0.376 e. The molecule has 2 fully saturated rings. The normalized spacial score (nSPS) is 17.5. The molecule has 1 saturated carbocycles. The van der Waals surface area contributed by atoms with E-state index >= 15 is 0 Å². The van der Waals surface area contributed by atoms with Crippen LogP contribution in [-0.4, -0.2) is 50.1 Å². The van der Waals surface area contributed by atoms with Crippen molar-refractivity contribution in [3.05, 3.63) is 54.1 Å².